The third-order valence-electron chi connectivity index (χ3n) is 5.45. The number of carbonyl (C=O) groups is 1. The number of rotatable bonds is 3. The highest BCUT2D eigenvalue weighted by Gasteiger charge is 2.31. The molecular formula is C19H21Cl2N3O3S. The molecule has 0 bridgehead atoms. The van der Waals surface area contributed by atoms with Crippen molar-refractivity contribution in [3.63, 3.8) is 0 Å². The molecule has 1 fully saturated rings. The predicted octanol–water partition coefficient (Wildman–Crippen LogP) is 3.71. The molecule has 2 aromatic rings. The zero-order valence-electron chi connectivity index (χ0n) is 15.5. The maximum absolute atomic E-state index is 13.1. The lowest BCUT2D eigenvalue weighted by Gasteiger charge is -2.30. The Balaban J connectivity index is 1.69. The number of nitrogens with zero attached hydrogens (tertiary/aromatic N) is 3. The van der Waals surface area contributed by atoms with Crippen LogP contribution in [-0.2, 0) is 23.5 Å². The third kappa shape index (κ3) is 3.24. The van der Waals surface area contributed by atoms with Gasteiger partial charge in [-0.1, -0.05) is 23.2 Å². The van der Waals surface area contributed by atoms with Crippen molar-refractivity contribution in [3.8, 4) is 0 Å². The number of hydrogen-bond donors (Lipinski definition) is 0. The van der Waals surface area contributed by atoms with Gasteiger partial charge >= 0.3 is 0 Å². The SMILES string of the molecule is Cn1c(C(=O)N2CCCc3cc(S(=O)(=O)N4CCCC4)ccc32)cc(Cl)c1Cl. The van der Waals surface area contributed by atoms with E-state index in [1.165, 1.54) is 4.31 Å². The maximum Gasteiger partial charge on any atom is 0.274 e. The summed E-state index contributed by atoms with van der Waals surface area (Å²) in [6.07, 6.45) is 3.29. The maximum atomic E-state index is 13.1. The van der Waals surface area contributed by atoms with Crippen LogP contribution in [0.2, 0.25) is 10.2 Å². The minimum atomic E-state index is -3.48. The van der Waals surface area contributed by atoms with E-state index in [0.717, 1.165) is 36.9 Å². The molecule has 9 heteroatoms. The number of halogens is 2. The summed E-state index contributed by atoms with van der Waals surface area (Å²) in [5.41, 5.74) is 2.01. The van der Waals surface area contributed by atoms with Crippen molar-refractivity contribution in [2.45, 2.75) is 30.6 Å². The predicted molar refractivity (Wildman–Crippen MR) is 110 cm³/mol. The van der Waals surface area contributed by atoms with Gasteiger partial charge in [0, 0.05) is 32.4 Å². The second-order valence-electron chi connectivity index (χ2n) is 7.19. The first kappa shape index (κ1) is 19.8. The molecule has 6 nitrogen and oxygen atoms in total. The Morgan fingerprint density at radius 1 is 1.04 bits per heavy atom. The molecule has 0 N–H and O–H groups in total. The molecule has 0 saturated carbocycles. The molecular weight excluding hydrogens is 421 g/mol. The van der Waals surface area contributed by atoms with Gasteiger partial charge in [-0.25, -0.2) is 8.42 Å². The van der Waals surface area contributed by atoms with Crippen LogP contribution in [0, 0.1) is 0 Å². The van der Waals surface area contributed by atoms with E-state index in [9.17, 15) is 13.2 Å². The average molecular weight is 442 g/mol. The van der Waals surface area contributed by atoms with Crippen LogP contribution in [0.15, 0.2) is 29.2 Å². The summed E-state index contributed by atoms with van der Waals surface area (Å²) in [7, 11) is -1.79. The van der Waals surface area contributed by atoms with Gasteiger partial charge in [0.05, 0.1) is 9.92 Å². The first-order chi connectivity index (χ1) is 13.3. The molecule has 28 heavy (non-hydrogen) atoms. The van der Waals surface area contributed by atoms with E-state index in [2.05, 4.69) is 0 Å². The Bertz CT molecular complexity index is 1040. The molecule has 1 aromatic carbocycles. The highest BCUT2D eigenvalue weighted by Crippen LogP contribution is 2.33. The molecule has 150 valence electrons. The number of aromatic nitrogens is 1. The number of amides is 1. The number of sulfonamides is 1. The van der Waals surface area contributed by atoms with Crippen molar-refractivity contribution in [2.75, 3.05) is 24.5 Å². The molecule has 0 spiro atoms. The molecule has 2 aliphatic rings. The van der Waals surface area contributed by atoms with E-state index in [0.29, 0.717) is 40.4 Å². The summed E-state index contributed by atoms with van der Waals surface area (Å²) in [5, 5.41) is 0.645. The van der Waals surface area contributed by atoms with Crippen LogP contribution >= 0.6 is 23.2 Å². The summed E-state index contributed by atoms with van der Waals surface area (Å²) in [6, 6.07) is 6.62. The van der Waals surface area contributed by atoms with Crippen LogP contribution in [-0.4, -0.2) is 42.8 Å². The van der Waals surface area contributed by atoms with Crippen LogP contribution in [0.3, 0.4) is 0 Å². The van der Waals surface area contributed by atoms with E-state index in [1.54, 1.807) is 40.8 Å². The average Bonchev–Trinajstić information content (AvgIpc) is 3.32. The molecule has 2 aliphatic heterocycles. The van der Waals surface area contributed by atoms with Crippen molar-refractivity contribution in [1.82, 2.24) is 8.87 Å². The fraction of sp³-hybridized carbons (Fsp3) is 0.421. The van der Waals surface area contributed by atoms with Crippen molar-refractivity contribution in [3.05, 3.63) is 45.7 Å². The number of aryl methyl sites for hydroxylation is 1. The summed E-state index contributed by atoms with van der Waals surface area (Å²) < 4.78 is 28.8. The zero-order chi connectivity index (χ0) is 20.1. The van der Waals surface area contributed by atoms with Crippen LogP contribution < -0.4 is 4.90 Å². The molecule has 0 atom stereocenters. The molecule has 1 saturated heterocycles. The Kier molecular flexibility index (Phi) is 5.20. The van der Waals surface area contributed by atoms with Gasteiger partial charge in [-0.2, -0.15) is 4.31 Å². The van der Waals surface area contributed by atoms with E-state index in [4.69, 9.17) is 23.2 Å². The Morgan fingerprint density at radius 3 is 2.39 bits per heavy atom. The molecule has 3 heterocycles. The monoisotopic (exact) mass is 441 g/mol. The lowest BCUT2D eigenvalue weighted by Crippen LogP contribution is -2.36. The van der Waals surface area contributed by atoms with Crippen molar-refractivity contribution in [2.24, 2.45) is 7.05 Å². The fourth-order valence-electron chi connectivity index (χ4n) is 3.91. The standard InChI is InChI=1S/C19H21Cl2N3O3S/c1-22-17(12-15(20)18(22)21)19(25)24-10-4-5-13-11-14(6-7-16(13)24)28(26,27)23-8-2-3-9-23/h6-7,11-12H,2-5,8-10H2,1H3. The van der Waals surface area contributed by atoms with E-state index < -0.39 is 10.0 Å². The third-order valence-corrected chi connectivity index (χ3v) is 8.19. The number of benzene rings is 1. The minimum Gasteiger partial charge on any atom is -0.329 e. The van der Waals surface area contributed by atoms with Crippen molar-refractivity contribution < 1.29 is 13.2 Å². The van der Waals surface area contributed by atoms with Gasteiger partial charge < -0.3 is 9.47 Å². The van der Waals surface area contributed by atoms with Gasteiger partial charge in [0.15, 0.2) is 0 Å². The number of carbonyl (C=O) groups excluding carboxylic acids is 1. The summed E-state index contributed by atoms with van der Waals surface area (Å²) in [5.74, 6) is -0.201. The minimum absolute atomic E-state index is 0.201. The highest BCUT2D eigenvalue weighted by molar-refractivity contribution is 7.89. The van der Waals surface area contributed by atoms with Gasteiger partial charge in [0.2, 0.25) is 10.0 Å². The number of fused-ring (bicyclic) bond motifs is 1. The van der Waals surface area contributed by atoms with Gasteiger partial charge in [-0.05, 0) is 55.5 Å². The molecule has 4 rings (SSSR count). The second kappa shape index (κ2) is 7.37. The van der Waals surface area contributed by atoms with Crippen LogP contribution in [0.1, 0.15) is 35.3 Å². The largest absolute Gasteiger partial charge is 0.329 e. The number of hydrogen-bond acceptors (Lipinski definition) is 3. The van der Waals surface area contributed by atoms with Crippen molar-refractivity contribution >= 4 is 44.8 Å². The van der Waals surface area contributed by atoms with Gasteiger partial charge in [0.25, 0.3) is 5.91 Å². The van der Waals surface area contributed by atoms with Gasteiger partial charge in [-0.15, -0.1) is 0 Å². The normalized spacial score (nSPS) is 17.8. The molecule has 0 aliphatic carbocycles. The quantitative estimate of drug-likeness (QED) is 0.728. The summed E-state index contributed by atoms with van der Waals surface area (Å²) in [6.45, 7) is 1.70. The van der Waals surface area contributed by atoms with Crippen LogP contribution in [0.25, 0.3) is 0 Å². The summed E-state index contributed by atoms with van der Waals surface area (Å²) in [4.78, 5) is 15.1. The van der Waals surface area contributed by atoms with E-state index in [-0.39, 0.29) is 5.91 Å². The summed E-state index contributed by atoms with van der Waals surface area (Å²) >= 11 is 12.2. The first-order valence-corrected chi connectivity index (χ1v) is 11.5. The van der Waals surface area contributed by atoms with E-state index >= 15 is 0 Å². The Labute approximate surface area is 174 Å². The Morgan fingerprint density at radius 2 is 1.75 bits per heavy atom. The highest BCUT2D eigenvalue weighted by atomic mass is 35.5. The van der Waals surface area contributed by atoms with Gasteiger partial charge in [0.1, 0.15) is 10.8 Å². The smallest absolute Gasteiger partial charge is 0.274 e. The fourth-order valence-corrected chi connectivity index (χ4v) is 5.85. The molecule has 1 amide bonds. The van der Waals surface area contributed by atoms with Crippen LogP contribution in [0.5, 0.6) is 0 Å². The zero-order valence-corrected chi connectivity index (χ0v) is 17.8. The first-order valence-electron chi connectivity index (χ1n) is 9.26. The second-order valence-corrected chi connectivity index (χ2v) is 9.89. The van der Waals surface area contributed by atoms with E-state index in [1.807, 2.05) is 0 Å². The number of anilines is 1. The molecule has 1 aromatic heterocycles. The van der Waals surface area contributed by atoms with Crippen LogP contribution in [0.4, 0.5) is 5.69 Å². The topological polar surface area (TPSA) is 62.6 Å². The Hall–Kier alpha value is -1.54. The van der Waals surface area contributed by atoms with Crippen molar-refractivity contribution in [1.29, 1.82) is 0 Å². The van der Waals surface area contributed by atoms with Gasteiger partial charge in [-0.3, -0.25) is 4.79 Å². The molecule has 0 radical (unpaired) electrons. The molecule has 0 unspecified atom stereocenters. The lowest BCUT2D eigenvalue weighted by molar-refractivity contribution is 0.0977. The lowest BCUT2D eigenvalue weighted by atomic mass is 10.0.